The van der Waals surface area contributed by atoms with Crippen molar-refractivity contribution in [3.05, 3.63) is 247 Å². The molecular weight excluding hydrogens is 1890 g/mol. The van der Waals surface area contributed by atoms with Crippen molar-refractivity contribution in [1.29, 1.82) is 0 Å². The normalized spacial score (nSPS) is 18.1. The number of likely N-dealkylation sites (N-methyl/N-ethyl adjacent to an activating group) is 1. The third kappa shape index (κ3) is 34.9. The SMILES string of the molecule is CCNC(=O)[C@H](CCC(=O)[N-]C(c1ccccc1)(c1ccccc1)c1ccccc1)NC(=O)[C@@H](NC(=O)[C@H](Cc1ccc(C)cc1)NC(=O)[C@@H]1CSSC[C@H](NC(=O)[C@@H](CCC(C)=O)NC(=O)[C@H](Cc2ccc(C)cc2)NC(=O)COCCOCCN)C(=O)N2C[C@H](C)C[C@@H]2C(=O)N[C@@H](Cc2ccc(O)c(I)c2)C(=O)NCC(=O)N[C@@H](CC(C)C)C(=O)N1)C(C)CC.Cc1ccc(CN)cc1. The number of Topliss-reactive ketones (excluding diaryl/α,β-unsaturated/α-hetero) is 1. The van der Waals surface area contributed by atoms with Crippen LogP contribution in [0, 0.1) is 42.1 Å². The van der Waals surface area contributed by atoms with Crippen LogP contribution in [0.4, 0.5) is 0 Å². The van der Waals surface area contributed by atoms with Gasteiger partial charge < -0.3 is 104 Å². The van der Waals surface area contributed by atoms with Crippen LogP contribution in [0.1, 0.15) is 149 Å². The van der Waals surface area contributed by atoms with Gasteiger partial charge >= 0.3 is 0 Å². The van der Waals surface area contributed by atoms with E-state index in [0.29, 0.717) is 49.9 Å². The van der Waals surface area contributed by atoms with Crippen LogP contribution in [0.3, 0.4) is 0 Å². The molecule has 7 aromatic carbocycles. The van der Waals surface area contributed by atoms with Crippen LogP contribution in [-0.4, -0.2) is 217 Å². The number of amides is 13. The molecule has 13 amide bonds. The van der Waals surface area contributed by atoms with Crippen molar-refractivity contribution in [3.8, 4) is 5.75 Å². The first kappa shape index (κ1) is 110. The first-order valence-electron chi connectivity index (χ1n) is 46.0. The fraction of sp³-hybridized carbons (Fsp3) is 0.446. The molecule has 35 heteroatoms. The highest BCUT2D eigenvalue weighted by Crippen LogP contribution is 2.44. The van der Waals surface area contributed by atoms with Crippen molar-refractivity contribution in [3.63, 3.8) is 0 Å². The molecule has 1 unspecified atom stereocenters. The van der Waals surface area contributed by atoms with Crippen LogP contribution in [0.5, 0.6) is 5.75 Å². The highest BCUT2D eigenvalue weighted by molar-refractivity contribution is 14.1. The second-order valence-corrected chi connectivity index (χ2v) is 38.5. The molecule has 9 rings (SSSR count). The quantitative estimate of drug-likeness (QED) is 0.00764. The first-order chi connectivity index (χ1) is 65.1. The molecule has 12 atom stereocenters. The van der Waals surface area contributed by atoms with Gasteiger partial charge in [-0.05, 0) is 147 Å². The van der Waals surface area contributed by atoms with Gasteiger partial charge in [-0.3, -0.25) is 57.5 Å². The number of nitrogens with zero attached hydrogens (tertiary/aromatic N) is 2. The van der Waals surface area contributed by atoms with E-state index in [1.807, 2.05) is 140 Å². The van der Waals surface area contributed by atoms with Crippen LogP contribution in [0.15, 0.2) is 182 Å². The number of halogens is 1. The minimum absolute atomic E-state index is 0.0152. The summed E-state index contributed by atoms with van der Waals surface area (Å²) in [6.45, 7) is 17.9. The van der Waals surface area contributed by atoms with Crippen molar-refractivity contribution in [1.82, 2.24) is 63.4 Å². The van der Waals surface area contributed by atoms with E-state index in [1.54, 1.807) is 90.1 Å². The maximum Gasteiger partial charge on any atom is 0.246 e. The van der Waals surface area contributed by atoms with Crippen LogP contribution in [0.25, 0.3) is 5.32 Å². The molecular formula is C101H131IN15O17S2-. The van der Waals surface area contributed by atoms with Crippen LogP contribution < -0.4 is 70.0 Å². The predicted octanol–water partition coefficient (Wildman–Crippen LogP) is 7.47. The lowest BCUT2D eigenvalue weighted by Crippen LogP contribution is -2.61. The summed E-state index contributed by atoms with van der Waals surface area (Å²) in [7, 11) is 1.90. The zero-order chi connectivity index (χ0) is 99.0. The molecule has 0 aromatic heterocycles. The van der Waals surface area contributed by atoms with E-state index in [2.05, 4.69) is 89.7 Å². The van der Waals surface area contributed by atoms with Crippen LogP contribution >= 0.6 is 44.2 Å². The molecule has 2 aliphatic rings. The number of hydrogen-bond acceptors (Lipinski definition) is 21. The molecule has 0 bridgehead atoms. The Balaban J connectivity index is 0.00000238. The van der Waals surface area contributed by atoms with E-state index < -0.39 is 162 Å². The number of carbonyl (C=O) groups excluding carboxylic acids is 14. The molecule has 2 aliphatic heterocycles. The third-order valence-corrected chi connectivity index (χ3v) is 26.4. The maximum atomic E-state index is 15.7. The van der Waals surface area contributed by atoms with Crippen molar-refractivity contribution in [2.75, 3.05) is 64.1 Å². The van der Waals surface area contributed by atoms with Gasteiger partial charge in [-0.1, -0.05) is 266 Å². The second kappa shape index (κ2) is 56.2. The van der Waals surface area contributed by atoms with E-state index in [-0.39, 0.29) is 132 Å². The highest BCUT2D eigenvalue weighted by Gasteiger charge is 2.44. The highest BCUT2D eigenvalue weighted by atomic mass is 127. The average molecular weight is 2020 g/mol. The van der Waals surface area contributed by atoms with E-state index in [1.165, 1.54) is 29.0 Å². The van der Waals surface area contributed by atoms with E-state index >= 15 is 33.6 Å². The number of phenolic OH excluding ortho intramolecular Hbond substituents is 1. The Bertz CT molecular complexity index is 5030. The van der Waals surface area contributed by atoms with E-state index in [9.17, 15) is 38.7 Å². The summed E-state index contributed by atoms with van der Waals surface area (Å²) in [6.07, 6.45) is -1.17. The number of phenols is 1. The number of benzene rings is 7. The zero-order valence-corrected chi connectivity index (χ0v) is 82.7. The number of ether oxygens (including phenoxy) is 2. The summed E-state index contributed by atoms with van der Waals surface area (Å²) < 4.78 is 11.3. The summed E-state index contributed by atoms with van der Waals surface area (Å²) in [4.78, 5) is 207. The lowest BCUT2D eigenvalue weighted by atomic mass is 9.77. The van der Waals surface area contributed by atoms with E-state index in [0.717, 1.165) is 32.7 Å². The molecule has 32 nitrogen and oxygen atoms in total. The van der Waals surface area contributed by atoms with Gasteiger partial charge in [0.1, 0.15) is 78.6 Å². The Morgan fingerprint density at radius 2 is 1.11 bits per heavy atom. The summed E-state index contributed by atoms with van der Waals surface area (Å²) in [5.74, 6) is -12.8. The Hall–Kier alpha value is -11.6. The molecule has 2 fully saturated rings. The van der Waals surface area contributed by atoms with Gasteiger partial charge in [0.2, 0.25) is 70.9 Å². The molecule has 7 aromatic rings. The van der Waals surface area contributed by atoms with Crippen LogP contribution in [-0.2, 0) is 108 Å². The lowest BCUT2D eigenvalue weighted by molar-refractivity contribution is -0.142. The molecule has 2 saturated heterocycles. The fourth-order valence-corrected chi connectivity index (χ4v) is 18.4. The number of nitrogens with two attached hydrogens (primary N) is 2. The number of carbonyl (C=O) groups is 14. The molecule has 2 heterocycles. The third-order valence-electron chi connectivity index (χ3n) is 23.1. The van der Waals surface area contributed by atoms with Crippen molar-refractivity contribution in [2.24, 2.45) is 29.2 Å². The monoisotopic (exact) mass is 2020 g/mol. The Labute approximate surface area is 818 Å². The minimum atomic E-state index is -1.62. The molecule has 0 aliphatic carbocycles. The molecule has 0 radical (unpaired) electrons. The standard InChI is InChI=1S/C93H121IN14O17S2.C8H11N/c1-10-60(8)82(91(122)101-69(83(114)96-11-2)38-40-79(111)107-93(65-21-15-12-16-22-65,66-23-17-13-18-24-66)67-25-19-14-20-26-67)106-88(119)74(49-63-34-29-58(6)30-35-63)102-89(120)75-54-126-127-55-76(105-85(116)70(37-31-61(9)109)100-87(118)73(48-62-32-27-57(5)28-33-62)99-81(113)53-125-44-43-124-42-41-95)92(123)108-52-59(7)46-77(108)90(121)103-72(50-64-36-39-78(110)68(94)47-64)84(115)97-51-80(112)98-71(45-56(3)4)86(117)104-75;1-7-2-4-8(6-9)5-3-7/h12-30,32-36,39,47,56,59-60,69-77,82H,10-11,31,37-38,40-46,48-55,95H2,1-9H3,(H13,96,97,98,99,100,101,102,103,104,105,106,107,110,111,112,113,114,115,116,117,118,119,120,121,122);2-5H,6,9H2,1H3/p-1/t59-,60?,69+,70-,71+,72+,73+,74+,75+,76+,77-,82+;/m1./s1. The van der Waals surface area contributed by atoms with Crippen molar-refractivity contribution in [2.45, 2.75) is 206 Å². The Morgan fingerprint density at radius 3 is 1.65 bits per heavy atom. The van der Waals surface area contributed by atoms with Crippen molar-refractivity contribution >= 4 is 127 Å². The van der Waals surface area contributed by atoms with Gasteiger partial charge in [-0.15, -0.1) is 0 Å². The predicted molar refractivity (Wildman–Crippen MR) is 533 cm³/mol. The topological polar surface area (TPSA) is 479 Å². The molecule has 0 spiro atoms. The molecule has 732 valence electrons. The molecule has 0 saturated carbocycles. The summed E-state index contributed by atoms with van der Waals surface area (Å²) >= 11 is 1.91. The Kier molecular flexibility index (Phi) is 45.3. The van der Waals surface area contributed by atoms with Gasteiger partial charge in [-0.25, -0.2) is 0 Å². The second-order valence-electron chi connectivity index (χ2n) is 34.7. The summed E-state index contributed by atoms with van der Waals surface area (Å²) in [6, 6.07) is 40.7. The van der Waals surface area contributed by atoms with Crippen LogP contribution in [0.2, 0.25) is 0 Å². The summed E-state index contributed by atoms with van der Waals surface area (Å²) in [5.41, 5.74) is 17.7. The van der Waals surface area contributed by atoms with Crippen molar-refractivity contribution < 1.29 is 81.7 Å². The zero-order valence-electron chi connectivity index (χ0n) is 78.9. The number of nitrogens with one attached hydrogen (secondary N) is 11. The number of ketones is 1. The molecule has 16 N–H and O–H groups in total. The minimum Gasteiger partial charge on any atom is -0.637 e. The number of hydrogen-bond donors (Lipinski definition) is 14. The largest absolute Gasteiger partial charge is 0.637 e. The fourth-order valence-electron chi connectivity index (χ4n) is 15.5. The average Bonchev–Trinajstić information content (AvgIpc) is 0.916. The van der Waals surface area contributed by atoms with Gasteiger partial charge in [0, 0.05) is 63.4 Å². The summed E-state index contributed by atoms with van der Waals surface area (Å²) in [5, 5.41) is 45.9. The number of aromatic hydroxyl groups is 1. The number of aryl methyl sites for hydroxylation is 3. The van der Waals surface area contributed by atoms with Gasteiger partial charge in [0.15, 0.2) is 0 Å². The van der Waals surface area contributed by atoms with Gasteiger partial charge in [0.05, 0.1) is 35.8 Å². The number of fused-ring (bicyclic) bond motifs is 1. The smallest absolute Gasteiger partial charge is 0.246 e. The first-order valence-corrected chi connectivity index (χ1v) is 49.6. The van der Waals surface area contributed by atoms with E-state index in [4.69, 9.17) is 26.3 Å². The maximum absolute atomic E-state index is 15.7. The Morgan fingerprint density at radius 1 is 0.581 bits per heavy atom. The number of rotatable bonds is 41. The molecule has 136 heavy (non-hydrogen) atoms. The van der Waals surface area contributed by atoms with Gasteiger partial charge in [0.25, 0.3) is 0 Å². The lowest BCUT2D eigenvalue weighted by Gasteiger charge is -2.48. The van der Waals surface area contributed by atoms with Gasteiger partial charge in [-0.2, -0.15) is 0 Å².